The minimum absolute atomic E-state index is 0.721. The molecule has 0 saturated carbocycles. The molecule has 0 aromatic carbocycles. The SMILES string of the molecule is C(SSSSCc1nn[nH]n1)C1=NNNN1.CC. The lowest BCUT2D eigenvalue weighted by atomic mass is 10.7. The first-order valence-corrected chi connectivity index (χ1v) is 10.2. The summed E-state index contributed by atoms with van der Waals surface area (Å²) in [5.41, 5.74) is 8.16. The van der Waals surface area contributed by atoms with E-state index in [9.17, 15) is 0 Å². The van der Waals surface area contributed by atoms with Gasteiger partial charge in [-0.3, -0.25) is 5.43 Å². The van der Waals surface area contributed by atoms with E-state index in [1.807, 2.05) is 13.8 Å². The number of hydrogen-bond donors (Lipinski definition) is 4. The Morgan fingerprint density at radius 3 is 2.50 bits per heavy atom. The fraction of sp³-hybridized carbons (Fsp3) is 0.667. The lowest BCUT2D eigenvalue weighted by molar-refractivity contribution is 0.577. The Hall–Kier alpha value is -0.300. The molecule has 0 fully saturated rings. The molecular weight excluding hydrogens is 312 g/mol. The molecular formula is C6H14N8S4. The van der Waals surface area contributed by atoms with E-state index in [-0.39, 0.29) is 0 Å². The van der Waals surface area contributed by atoms with Crippen molar-refractivity contribution < 1.29 is 0 Å². The zero-order chi connectivity index (χ0) is 13.1. The molecule has 0 atom stereocenters. The van der Waals surface area contributed by atoms with Crippen molar-refractivity contribution in [2.75, 3.05) is 5.75 Å². The molecule has 0 saturated heterocycles. The van der Waals surface area contributed by atoms with Crippen LogP contribution in [0.1, 0.15) is 19.7 Å². The Balaban J connectivity index is 0.000000771. The predicted molar refractivity (Wildman–Crippen MR) is 81.3 cm³/mol. The highest BCUT2D eigenvalue weighted by Crippen LogP contribution is 2.43. The van der Waals surface area contributed by atoms with Gasteiger partial charge < -0.3 is 0 Å². The van der Waals surface area contributed by atoms with Gasteiger partial charge in [0.05, 0.1) is 11.5 Å². The summed E-state index contributed by atoms with van der Waals surface area (Å²) in [6.07, 6.45) is 0. The molecule has 1 aromatic heterocycles. The first-order chi connectivity index (χ1) is 8.95. The number of rotatable bonds is 7. The van der Waals surface area contributed by atoms with Gasteiger partial charge >= 0.3 is 0 Å². The van der Waals surface area contributed by atoms with Crippen LogP contribution in [0.4, 0.5) is 0 Å². The van der Waals surface area contributed by atoms with E-state index in [1.54, 1.807) is 41.2 Å². The van der Waals surface area contributed by atoms with Crippen LogP contribution in [0.15, 0.2) is 5.10 Å². The molecule has 0 spiro atoms. The van der Waals surface area contributed by atoms with Crippen molar-refractivity contribution in [3.05, 3.63) is 5.82 Å². The molecule has 1 aliphatic rings. The van der Waals surface area contributed by atoms with E-state index in [0.717, 1.165) is 23.2 Å². The highest BCUT2D eigenvalue weighted by molar-refractivity contribution is 9.26. The maximum absolute atomic E-state index is 3.96. The highest BCUT2D eigenvalue weighted by Gasteiger charge is 2.04. The van der Waals surface area contributed by atoms with Crippen molar-refractivity contribution in [3.8, 4) is 0 Å². The number of amidine groups is 1. The van der Waals surface area contributed by atoms with Crippen molar-refractivity contribution >= 4 is 47.1 Å². The van der Waals surface area contributed by atoms with E-state index in [2.05, 4.69) is 42.2 Å². The van der Waals surface area contributed by atoms with Crippen molar-refractivity contribution in [1.82, 2.24) is 37.1 Å². The molecule has 0 amide bonds. The Bertz CT molecular complexity index is 330. The Kier molecular flexibility index (Phi) is 9.28. The van der Waals surface area contributed by atoms with Crippen LogP contribution in [0.5, 0.6) is 0 Å². The molecule has 0 bridgehead atoms. The number of nitrogens with one attached hydrogen (secondary N) is 4. The summed E-state index contributed by atoms with van der Waals surface area (Å²) in [5, 5.41) is 17.6. The van der Waals surface area contributed by atoms with Crippen LogP contribution in [0.25, 0.3) is 0 Å². The molecule has 0 aliphatic carbocycles. The van der Waals surface area contributed by atoms with Gasteiger partial charge in [-0.25, -0.2) is 5.53 Å². The number of hydrazone groups is 1. The summed E-state index contributed by atoms with van der Waals surface area (Å²) < 4.78 is 0. The summed E-state index contributed by atoms with van der Waals surface area (Å²) >= 11 is 0. The molecule has 1 aromatic rings. The van der Waals surface area contributed by atoms with E-state index in [0.29, 0.717) is 0 Å². The van der Waals surface area contributed by atoms with Gasteiger partial charge in [0.1, 0.15) is 5.84 Å². The lowest BCUT2D eigenvalue weighted by Gasteiger charge is -1.98. The third-order valence-corrected chi connectivity index (χ3v) is 7.55. The number of aromatic nitrogens is 4. The van der Waals surface area contributed by atoms with Crippen LogP contribution < -0.4 is 16.5 Å². The molecule has 0 radical (unpaired) electrons. The molecule has 8 nitrogen and oxygen atoms in total. The summed E-state index contributed by atoms with van der Waals surface area (Å²) in [7, 11) is 6.77. The predicted octanol–water partition coefficient (Wildman–Crippen LogP) is 1.33. The summed E-state index contributed by atoms with van der Waals surface area (Å²) in [4.78, 5) is 0. The van der Waals surface area contributed by atoms with Crippen molar-refractivity contribution in [2.45, 2.75) is 19.6 Å². The zero-order valence-corrected chi connectivity index (χ0v) is 13.1. The largest absolute Gasteiger partial charge is 0.288 e. The lowest BCUT2D eigenvalue weighted by Crippen LogP contribution is -2.35. The third-order valence-electron chi connectivity index (χ3n) is 1.35. The fourth-order valence-electron chi connectivity index (χ4n) is 0.731. The van der Waals surface area contributed by atoms with Gasteiger partial charge in [-0.05, 0) is 19.7 Å². The Morgan fingerprint density at radius 2 is 1.89 bits per heavy atom. The summed E-state index contributed by atoms with van der Waals surface area (Å²) in [6, 6.07) is 0. The van der Waals surface area contributed by atoms with Crippen molar-refractivity contribution in [3.63, 3.8) is 0 Å². The van der Waals surface area contributed by atoms with E-state index < -0.39 is 0 Å². The van der Waals surface area contributed by atoms with E-state index in [1.165, 1.54) is 0 Å². The quantitative estimate of drug-likeness (QED) is 0.433. The molecule has 2 heterocycles. The summed E-state index contributed by atoms with van der Waals surface area (Å²) in [5.74, 6) is 3.18. The molecule has 12 heteroatoms. The first-order valence-electron chi connectivity index (χ1n) is 5.08. The van der Waals surface area contributed by atoms with E-state index >= 15 is 0 Å². The van der Waals surface area contributed by atoms with Crippen molar-refractivity contribution in [2.24, 2.45) is 5.10 Å². The third kappa shape index (κ3) is 6.58. The second-order valence-electron chi connectivity index (χ2n) is 2.41. The zero-order valence-electron chi connectivity index (χ0n) is 9.84. The summed E-state index contributed by atoms with van der Waals surface area (Å²) in [6.45, 7) is 4.00. The maximum Gasteiger partial charge on any atom is 0.185 e. The number of hydrogen-bond acceptors (Lipinski definition) is 11. The molecule has 1 aliphatic heterocycles. The van der Waals surface area contributed by atoms with E-state index in [4.69, 9.17) is 0 Å². The molecule has 0 unspecified atom stereocenters. The Morgan fingerprint density at radius 1 is 1.11 bits per heavy atom. The highest BCUT2D eigenvalue weighted by atomic mass is 33.7. The van der Waals surface area contributed by atoms with Gasteiger partial charge in [0.15, 0.2) is 5.82 Å². The minimum atomic E-state index is 0.721. The van der Waals surface area contributed by atoms with Crippen LogP contribution in [0.2, 0.25) is 0 Å². The van der Waals surface area contributed by atoms with Gasteiger partial charge in [0.2, 0.25) is 0 Å². The smallest absolute Gasteiger partial charge is 0.185 e. The average molecular weight is 327 g/mol. The first kappa shape index (κ1) is 15.8. The number of nitrogens with zero attached hydrogens (tertiary/aromatic N) is 4. The second-order valence-corrected chi connectivity index (χ2v) is 8.41. The van der Waals surface area contributed by atoms with Crippen LogP contribution >= 0.6 is 41.2 Å². The van der Waals surface area contributed by atoms with Gasteiger partial charge in [-0.2, -0.15) is 5.21 Å². The molecule has 18 heavy (non-hydrogen) atoms. The minimum Gasteiger partial charge on any atom is -0.288 e. The number of aromatic amines is 1. The average Bonchev–Trinajstić information content (AvgIpc) is 3.09. The molecule has 2 rings (SSSR count). The van der Waals surface area contributed by atoms with Gasteiger partial charge in [0, 0.05) is 0 Å². The number of tetrazole rings is 1. The van der Waals surface area contributed by atoms with Gasteiger partial charge in [0.25, 0.3) is 0 Å². The fourth-order valence-corrected chi connectivity index (χ4v) is 6.25. The van der Waals surface area contributed by atoms with Crippen LogP contribution in [-0.2, 0) is 5.75 Å². The number of hydrazine groups is 2. The van der Waals surface area contributed by atoms with Crippen LogP contribution in [0.3, 0.4) is 0 Å². The van der Waals surface area contributed by atoms with Gasteiger partial charge in [-0.15, -0.1) is 20.8 Å². The topological polar surface area (TPSA) is 103 Å². The van der Waals surface area contributed by atoms with Crippen LogP contribution in [-0.4, -0.2) is 32.2 Å². The normalized spacial score (nSPS) is 13.1. The van der Waals surface area contributed by atoms with Crippen molar-refractivity contribution in [1.29, 1.82) is 0 Å². The Labute approximate surface area is 120 Å². The van der Waals surface area contributed by atoms with Crippen LogP contribution in [0, 0.1) is 0 Å². The monoisotopic (exact) mass is 326 g/mol. The van der Waals surface area contributed by atoms with Gasteiger partial charge in [-0.1, -0.05) is 40.6 Å². The molecule has 102 valence electrons. The second kappa shape index (κ2) is 10.6. The standard InChI is InChI=1S/C4H8N8S4.C2H6/c1(3-5-9-10-6-3)13-15-16-14-2-4-7-11-12-8-4;1-2/h9-10H,1-2H2,(H,5,6)(H,7,8,11,12);1-2H3. The number of H-pyrrole nitrogens is 1. The molecule has 4 N–H and O–H groups in total. The maximum atomic E-state index is 3.96.